The molecule has 0 aromatic heterocycles. The summed E-state index contributed by atoms with van der Waals surface area (Å²) in [4.78, 5) is 13.2. The Balaban J connectivity index is 2.36. The molecule has 0 N–H and O–H groups in total. The zero-order chi connectivity index (χ0) is 11.0. The molecule has 0 saturated carbocycles. The molecule has 1 aliphatic heterocycles. The molecule has 0 amide bonds. The van der Waals surface area contributed by atoms with Crippen LogP contribution in [-0.4, -0.2) is 18.9 Å². The predicted molar refractivity (Wildman–Crippen MR) is 60.7 cm³/mol. The Morgan fingerprint density at radius 1 is 1.47 bits per heavy atom. The molecule has 1 aromatic rings. The minimum absolute atomic E-state index is 0.245. The Kier molecular flexibility index (Phi) is 2.78. The van der Waals surface area contributed by atoms with Gasteiger partial charge in [0.15, 0.2) is 5.78 Å². The third kappa shape index (κ3) is 2.04. The van der Waals surface area contributed by atoms with Crippen molar-refractivity contribution in [2.45, 2.75) is 13.3 Å². The van der Waals surface area contributed by atoms with Gasteiger partial charge in [0, 0.05) is 18.7 Å². The first-order chi connectivity index (χ1) is 7.08. The quantitative estimate of drug-likeness (QED) is 0.783. The normalized spacial score (nSPS) is 16.2. The molecule has 0 radical (unpaired) electrons. The second-order valence-electron chi connectivity index (χ2n) is 3.76. The van der Waals surface area contributed by atoms with E-state index in [4.69, 9.17) is 0 Å². The van der Waals surface area contributed by atoms with Crippen LogP contribution in [0.5, 0.6) is 0 Å². The fraction of sp³-hybridized carbons (Fsp3) is 0.364. The number of hydrogen-bond acceptors (Lipinski definition) is 2. The number of ketones is 1. The standard InChI is InChI=1S/C11H11BrFNO/c1-7-4-10(13)9(12)5-11(7)14-3-2-8(15)6-14/h4-5H,2-3,6H2,1H3. The van der Waals surface area contributed by atoms with Crippen LogP contribution in [0.15, 0.2) is 16.6 Å². The summed E-state index contributed by atoms with van der Waals surface area (Å²) in [6.07, 6.45) is 0.592. The molecule has 80 valence electrons. The maximum Gasteiger partial charge on any atom is 0.153 e. The van der Waals surface area contributed by atoms with Crippen LogP contribution >= 0.6 is 15.9 Å². The van der Waals surface area contributed by atoms with Gasteiger partial charge in [0.25, 0.3) is 0 Å². The molecule has 1 fully saturated rings. The monoisotopic (exact) mass is 271 g/mol. The van der Waals surface area contributed by atoms with Crippen LogP contribution in [0.25, 0.3) is 0 Å². The smallest absolute Gasteiger partial charge is 0.153 e. The van der Waals surface area contributed by atoms with Crippen molar-refractivity contribution >= 4 is 27.4 Å². The number of anilines is 1. The molecule has 0 spiro atoms. The summed E-state index contributed by atoms with van der Waals surface area (Å²) in [6.45, 7) is 3.03. The summed E-state index contributed by atoms with van der Waals surface area (Å²) in [7, 11) is 0. The lowest BCUT2D eigenvalue weighted by molar-refractivity contribution is -0.116. The molecule has 15 heavy (non-hydrogen) atoms. The van der Waals surface area contributed by atoms with E-state index in [9.17, 15) is 9.18 Å². The lowest BCUT2D eigenvalue weighted by Crippen LogP contribution is -2.20. The molecule has 2 rings (SSSR count). The molecule has 0 bridgehead atoms. The van der Waals surface area contributed by atoms with Crippen LogP contribution < -0.4 is 4.90 Å². The SMILES string of the molecule is Cc1cc(F)c(Br)cc1N1CCC(=O)C1. The summed E-state index contributed by atoms with van der Waals surface area (Å²) in [5, 5.41) is 0. The number of halogens is 2. The van der Waals surface area contributed by atoms with Crippen molar-refractivity contribution in [1.82, 2.24) is 0 Å². The van der Waals surface area contributed by atoms with Crippen molar-refractivity contribution in [3.63, 3.8) is 0 Å². The Bertz CT molecular complexity index is 419. The van der Waals surface area contributed by atoms with E-state index in [1.807, 2.05) is 11.8 Å². The van der Waals surface area contributed by atoms with Crippen LogP contribution in [0.3, 0.4) is 0 Å². The highest BCUT2D eigenvalue weighted by Gasteiger charge is 2.21. The highest BCUT2D eigenvalue weighted by molar-refractivity contribution is 9.10. The van der Waals surface area contributed by atoms with Crippen LogP contribution in [0.1, 0.15) is 12.0 Å². The summed E-state index contributed by atoms with van der Waals surface area (Å²) in [5.74, 6) is -0.0170. The second-order valence-corrected chi connectivity index (χ2v) is 4.62. The number of rotatable bonds is 1. The number of nitrogens with zero attached hydrogens (tertiary/aromatic N) is 1. The minimum atomic E-state index is -0.262. The molecule has 1 aliphatic rings. The first-order valence-corrected chi connectivity index (χ1v) is 5.59. The number of carbonyl (C=O) groups excluding carboxylic acids is 1. The molecule has 4 heteroatoms. The molecule has 1 aromatic carbocycles. The van der Waals surface area contributed by atoms with Gasteiger partial charge < -0.3 is 4.90 Å². The van der Waals surface area contributed by atoms with Crippen molar-refractivity contribution in [1.29, 1.82) is 0 Å². The van der Waals surface area contributed by atoms with Gasteiger partial charge in [0.05, 0.1) is 11.0 Å². The number of hydrogen-bond donors (Lipinski definition) is 0. The van der Waals surface area contributed by atoms with E-state index in [2.05, 4.69) is 15.9 Å². The van der Waals surface area contributed by atoms with E-state index in [0.29, 0.717) is 17.4 Å². The number of carbonyl (C=O) groups is 1. The van der Waals surface area contributed by atoms with Crippen LogP contribution in [-0.2, 0) is 4.79 Å². The molecule has 0 unspecified atom stereocenters. The fourth-order valence-corrected chi connectivity index (χ4v) is 2.14. The zero-order valence-corrected chi connectivity index (χ0v) is 9.97. The summed E-state index contributed by atoms with van der Waals surface area (Å²) in [5.41, 5.74) is 1.81. The molecule has 1 heterocycles. The van der Waals surface area contributed by atoms with Crippen LogP contribution in [0, 0.1) is 12.7 Å². The first-order valence-electron chi connectivity index (χ1n) is 4.80. The van der Waals surface area contributed by atoms with Crippen molar-refractivity contribution in [3.05, 3.63) is 28.0 Å². The van der Waals surface area contributed by atoms with Crippen molar-refractivity contribution < 1.29 is 9.18 Å². The van der Waals surface area contributed by atoms with Gasteiger partial charge in [0.2, 0.25) is 0 Å². The predicted octanol–water partition coefficient (Wildman–Crippen LogP) is 2.68. The first kappa shape index (κ1) is 10.6. The van der Waals surface area contributed by atoms with Crippen molar-refractivity contribution in [2.75, 3.05) is 18.0 Å². The van der Waals surface area contributed by atoms with Gasteiger partial charge in [0.1, 0.15) is 5.82 Å². The summed E-state index contributed by atoms with van der Waals surface area (Å²) >= 11 is 3.16. The van der Waals surface area contributed by atoms with E-state index in [0.717, 1.165) is 17.8 Å². The molecular weight excluding hydrogens is 261 g/mol. The topological polar surface area (TPSA) is 20.3 Å². The largest absolute Gasteiger partial charge is 0.364 e. The Labute approximate surface area is 96.2 Å². The highest BCUT2D eigenvalue weighted by Crippen LogP contribution is 2.28. The van der Waals surface area contributed by atoms with Gasteiger partial charge in [-0.25, -0.2) is 4.39 Å². The molecular formula is C11H11BrFNO. The summed E-state index contributed by atoms with van der Waals surface area (Å²) < 4.78 is 13.6. The van der Waals surface area contributed by atoms with Crippen molar-refractivity contribution in [2.24, 2.45) is 0 Å². The van der Waals surface area contributed by atoms with Gasteiger partial charge in [-0.2, -0.15) is 0 Å². The number of aryl methyl sites for hydroxylation is 1. The zero-order valence-electron chi connectivity index (χ0n) is 8.39. The molecule has 0 aliphatic carbocycles. The van der Waals surface area contributed by atoms with Crippen LogP contribution in [0.4, 0.5) is 10.1 Å². The van der Waals surface area contributed by atoms with Gasteiger partial charge in [-0.05, 0) is 40.5 Å². The maximum atomic E-state index is 13.2. The average Bonchev–Trinajstić information content (AvgIpc) is 2.58. The second kappa shape index (κ2) is 3.93. The Morgan fingerprint density at radius 3 is 2.80 bits per heavy atom. The van der Waals surface area contributed by atoms with Gasteiger partial charge in [-0.15, -0.1) is 0 Å². The third-order valence-electron chi connectivity index (χ3n) is 2.61. The molecule has 1 saturated heterocycles. The van der Waals surface area contributed by atoms with Gasteiger partial charge in [-0.1, -0.05) is 0 Å². The van der Waals surface area contributed by atoms with E-state index < -0.39 is 0 Å². The lowest BCUT2D eigenvalue weighted by atomic mass is 10.2. The minimum Gasteiger partial charge on any atom is -0.364 e. The number of benzene rings is 1. The lowest BCUT2D eigenvalue weighted by Gasteiger charge is -2.19. The third-order valence-corrected chi connectivity index (χ3v) is 3.22. The summed E-state index contributed by atoms with van der Waals surface area (Å²) in [6, 6.07) is 3.23. The maximum absolute atomic E-state index is 13.2. The highest BCUT2D eigenvalue weighted by atomic mass is 79.9. The molecule has 2 nitrogen and oxygen atoms in total. The number of Topliss-reactive ketones (excluding diaryl/α,β-unsaturated/α-hetero) is 1. The Hall–Kier alpha value is -0.900. The fourth-order valence-electron chi connectivity index (χ4n) is 1.81. The average molecular weight is 272 g/mol. The van der Waals surface area contributed by atoms with Gasteiger partial charge in [-0.3, -0.25) is 4.79 Å². The van der Waals surface area contributed by atoms with E-state index >= 15 is 0 Å². The van der Waals surface area contributed by atoms with E-state index in [1.54, 1.807) is 6.07 Å². The van der Waals surface area contributed by atoms with E-state index in [1.165, 1.54) is 6.07 Å². The van der Waals surface area contributed by atoms with Crippen LogP contribution in [0.2, 0.25) is 0 Å². The molecule has 0 atom stereocenters. The van der Waals surface area contributed by atoms with Crippen molar-refractivity contribution in [3.8, 4) is 0 Å². The Morgan fingerprint density at radius 2 is 2.20 bits per heavy atom. The van der Waals surface area contributed by atoms with Gasteiger partial charge >= 0.3 is 0 Å². The van der Waals surface area contributed by atoms with E-state index in [-0.39, 0.29) is 11.6 Å².